The Kier molecular flexibility index (Phi) is 2.81. The summed E-state index contributed by atoms with van der Waals surface area (Å²) in [7, 11) is 0. The Hall–Kier alpha value is -2.17. The maximum Gasteiger partial charge on any atom is 0.229 e. The highest BCUT2D eigenvalue weighted by Gasteiger charge is 2.11. The van der Waals surface area contributed by atoms with Crippen LogP contribution in [0.3, 0.4) is 0 Å². The van der Waals surface area contributed by atoms with Crippen LogP contribution in [0, 0.1) is 5.82 Å². The number of nitrogens with zero attached hydrogens (tertiary/aromatic N) is 3. The lowest BCUT2D eigenvalue weighted by Gasteiger charge is -2.01. The third-order valence-corrected chi connectivity index (χ3v) is 3.05. The summed E-state index contributed by atoms with van der Waals surface area (Å²) in [5.41, 5.74) is 0.830. The molecule has 3 rings (SSSR count). The van der Waals surface area contributed by atoms with E-state index in [1.807, 2.05) is 30.7 Å². The Labute approximate surface area is 109 Å². The molecule has 2 heterocycles. The molecular formula is C14H14FN3O. The summed E-state index contributed by atoms with van der Waals surface area (Å²) in [6, 6.07) is 6.79. The summed E-state index contributed by atoms with van der Waals surface area (Å²) in [5, 5.41) is 4.55. The van der Waals surface area contributed by atoms with E-state index in [2.05, 4.69) is 10.1 Å². The zero-order chi connectivity index (χ0) is 13.4. The standard InChI is InChI=1S/C14H14FN3O/c1-9(2)14-16-13(17-19-14)8-18-7-6-10-11(15)4-3-5-12(10)18/h3-7,9H,8H2,1-2H3. The molecule has 4 nitrogen and oxygen atoms in total. The van der Waals surface area contributed by atoms with Crippen LogP contribution in [-0.4, -0.2) is 14.7 Å². The highest BCUT2D eigenvalue weighted by atomic mass is 19.1. The molecule has 0 saturated heterocycles. The lowest BCUT2D eigenvalue weighted by atomic mass is 10.2. The molecule has 0 amide bonds. The van der Waals surface area contributed by atoms with Crippen LogP contribution in [0.4, 0.5) is 4.39 Å². The molecule has 0 N–H and O–H groups in total. The monoisotopic (exact) mass is 259 g/mol. The Balaban J connectivity index is 1.94. The maximum atomic E-state index is 13.6. The topological polar surface area (TPSA) is 43.9 Å². The minimum atomic E-state index is -0.216. The molecule has 0 unspecified atom stereocenters. The molecule has 0 saturated carbocycles. The highest BCUT2D eigenvalue weighted by Crippen LogP contribution is 2.20. The van der Waals surface area contributed by atoms with Crippen molar-refractivity contribution in [2.24, 2.45) is 0 Å². The summed E-state index contributed by atoms with van der Waals surface area (Å²) in [6.07, 6.45) is 1.83. The van der Waals surface area contributed by atoms with Crippen LogP contribution in [0.1, 0.15) is 31.5 Å². The number of halogens is 1. The van der Waals surface area contributed by atoms with Crippen molar-refractivity contribution in [1.29, 1.82) is 0 Å². The van der Waals surface area contributed by atoms with Gasteiger partial charge < -0.3 is 9.09 Å². The zero-order valence-electron chi connectivity index (χ0n) is 10.8. The first kappa shape index (κ1) is 11.9. The molecule has 5 heteroatoms. The van der Waals surface area contributed by atoms with Gasteiger partial charge in [-0.3, -0.25) is 0 Å². The second-order valence-electron chi connectivity index (χ2n) is 4.82. The van der Waals surface area contributed by atoms with Gasteiger partial charge in [0.2, 0.25) is 5.89 Å². The normalized spacial score (nSPS) is 11.6. The fourth-order valence-corrected chi connectivity index (χ4v) is 2.04. The van der Waals surface area contributed by atoms with Crippen molar-refractivity contribution in [1.82, 2.24) is 14.7 Å². The Bertz CT molecular complexity index is 714. The van der Waals surface area contributed by atoms with E-state index in [0.717, 1.165) is 5.52 Å². The molecule has 0 fully saturated rings. The van der Waals surface area contributed by atoms with Gasteiger partial charge in [-0.05, 0) is 18.2 Å². The number of hydrogen-bond donors (Lipinski definition) is 0. The molecule has 0 aliphatic rings. The number of hydrogen-bond acceptors (Lipinski definition) is 3. The van der Waals surface area contributed by atoms with E-state index in [9.17, 15) is 4.39 Å². The van der Waals surface area contributed by atoms with E-state index in [4.69, 9.17) is 4.52 Å². The van der Waals surface area contributed by atoms with Crippen LogP contribution >= 0.6 is 0 Å². The van der Waals surface area contributed by atoms with Crippen molar-refractivity contribution in [2.45, 2.75) is 26.3 Å². The molecule has 0 spiro atoms. The average Bonchev–Trinajstić information content (AvgIpc) is 2.98. The minimum Gasteiger partial charge on any atom is -0.340 e. The van der Waals surface area contributed by atoms with Gasteiger partial charge in [-0.25, -0.2) is 4.39 Å². The van der Waals surface area contributed by atoms with E-state index in [1.165, 1.54) is 6.07 Å². The first-order valence-corrected chi connectivity index (χ1v) is 6.21. The van der Waals surface area contributed by atoms with Crippen LogP contribution in [0.15, 0.2) is 35.0 Å². The fourth-order valence-electron chi connectivity index (χ4n) is 2.04. The molecule has 98 valence electrons. The summed E-state index contributed by atoms with van der Waals surface area (Å²) < 4.78 is 20.7. The molecule has 0 aliphatic heterocycles. The van der Waals surface area contributed by atoms with Crippen molar-refractivity contribution in [3.8, 4) is 0 Å². The van der Waals surface area contributed by atoms with Crippen molar-refractivity contribution < 1.29 is 8.91 Å². The predicted molar refractivity (Wildman–Crippen MR) is 69.4 cm³/mol. The first-order valence-electron chi connectivity index (χ1n) is 6.21. The number of rotatable bonds is 3. The zero-order valence-corrected chi connectivity index (χ0v) is 10.8. The molecule has 1 aromatic carbocycles. The number of fused-ring (bicyclic) bond motifs is 1. The Morgan fingerprint density at radius 2 is 2.16 bits per heavy atom. The number of benzene rings is 1. The highest BCUT2D eigenvalue weighted by molar-refractivity contribution is 5.80. The van der Waals surface area contributed by atoms with Crippen molar-refractivity contribution in [3.63, 3.8) is 0 Å². The molecule has 0 aliphatic carbocycles. The third-order valence-electron chi connectivity index (χ3n) is 3.05. The van der Waals surface area contributed by atoms with Crippen molar-refractivity contribution in [2.75, 3.05) is 0 Å². The largest absolute Gasteiger partial charge is 0.340 e. The van der Waals surface area contributed by atoms with Crippen molar-refractivity contribution in [3.05, 3.63) is 48.0 Å². The van der Waals surface area contributed by atoms with Gasteiger partial charge in [0, 0.05) is 17.5 Å². The molecular weight excluding hydrogens is 245 g/mol. The lowest BCUT2D eigenvalue weighted by Crippen LogP contribution is -2.00. The van der Waals surface area contributed by atoms with Gasteiger partial charge in [-0.1, -0.05) is 25.1 Å². The Morgan fingerprint density at radius 1 is 1.32 bits per heavy atom. The molecule has 19 heavy (non-hydrogen) atoms. The van der Waals surface area contributed by atoms with Crippen LogP contribution in [-0.2, 0) is 6.54 Å². The van der Waals surface area contributed by atoms with Crippen LogP contribution < -0.4 is 0 Å². The van der Waals surface area contributed by atoms with Crippen molar-refractivity contribution >= 4 is 10.9 Å². The van der Waals surface area contributed by atoms with E-state index in [0.29, 0.717) is 23.6 Å². The molecule has 2 aromatic heterocycles. The van der Waals surface area contributed by atoms with Crippen LogP contribution in [0.25, 0.3) is 10.9 Å². The summed E-state index contributed by atoms with van der Waals surface area (Å²) >= 11 is 0. The van der Waals surface area contributed by atoms with Gasteiger partial charge >= 0.3 is 0 Å². The summed E-state index contributed by atoms with van der Waals surface area (Å²) in [4.78, 5) is 4.32. The van der Waals surface area contributed by atoms with Gasteiger partial charge in [0.25, 0.3) is 0 Å². The van der Waals surface area contributed by atoms with Gasteiger partial charge in [0.15, 0.2) is 5.82 Å². The van der Waals surface area contributed by atoms with E-state index in [1.54, 1.807) is 12.1 Å². The SMILES string of the molecule is CC(C)c1nc(Cn2ccc3c(F)cccc32)no1. The molecule has 0 atom stereocenters. The lowest BCUT2D eigenvalue weighted by molar-refractivity contribution is 0.360. The predicted octanol–water partition coefficient (Wildman–Crippen LogP) is 3.34. The average molecular weight is 259 g/mol. The maximum absolute atomic E-state index is 13.6. The molecule has 0 radical (unpaired) electrons. The Morgan fingerprint density at radius 3 is 2.89 bits per heavy atom. The second kappa shape index (κ2) is 4.50. The quantitative estimate of drug-likeness (QED) is 0.724. The summed E-state index contributed by atoms with van der Waals surface area (Å²) in [6.45, 7) is 4.47. The fraction of sp³-hybridized carbons (Fsp3) is 0.286. The summed E-state index contributed by atoms with van der Waals surface area (Å²) in [5.74, 6) is 1.22. The van der Waals surface area contributed by atoms with E-state index >= 15 is 0 Å². The smallest absolute Gasteiger partial charge is 0.229 e. The molecule has 0 bridgehead atoms. The number of aromatic nitrogens is 3. The van der Waals surface area contributed by atoms with Gasteiger partial charge in [-0.15, -0.1) is 0 Å². The van der Waals surface area contributed by atoms with Crippen LogP contribution in [0.5, 0.6) is 0 Å². The van der Waals surface area contributed by atoms with Gasteiger partial charge in [-0.2, -0.15) is 4.98 Å². The minimum absolute atomic E-state index is 0.208. The first-order chi connectivity index (χ1) is 9.15. The second-order valence-corrected chi connectivity index (χ2v) is 4.82. The third kappa shape index (κ3) is 2.12. The van der Waals surface area contributed by atoms with E-state index < -0.39 is 0 Å². The van der Waals surface area contributed by atoms with E-state index in [-0.39, 0.29) is 11.7 Å². The van der Waals surface area contributed by atoms with Gasteiger partial charge in [0.05, 0.1) is 12.1 Å². The van der Waals surface area contributed by atoms with Crippen LogP contribution in [0.2, 0.25) is 0 Å². The van der Waals surface area contributed by atoms with Gasteiger partial charge in [0.1, 0.15) is 5.82 Å². The molecule has 3 aromatic rings.